The molecule has 4 N–H and O–H groups in total. The number of ether oxygens (including phenoxy) is 5. The quantitative estimate of drug-likeness (QED) is 0.131. The van der Waals surface area contributed by atoms with Crippen LogP contribution in [0.25, 0.3) is 0 Å². The van der Waals surface area contributed by atoms with Crippen LogP contribution in [-0.2, 0) is 50.8 Å². The maximum absolute atomic E-state index is 13.8. The first-order chi connectivity index (χ1) is 23.1. The molecule has 3 aromatic rings. The maximum atomic E-state index is 13.8. The number of morpholine rings is 1. The van der Waals surface area contributed by atoms with Crippen LogP contribution < -0.4 is 10.5 Å². The number of amides is 1. The predicted octanol–water partition coefficient (Wildman–Crippen LogP) is 3.24. The fourth-order valence-corrected chi connectivity index (χ4v) is 5.91. The van der Waals surface area contributed by atoms with Crippen molar-refractivity contribution in [2.45, 2.75) is 43.2 Å². The normalized spacial score (nSPS) is 19.3. The molecule has 15 nitrogen and oxygen atoms in total. The lowest BCUT2D eigenvalue weighted by atomic mass is 9.94. The smallest absolute Gasteiger partial charge is 0.413 e. The Bertz CT molecular complexity index is 1760. The van der Waals surface area contributed by atoms with Crippen molar-refractivity contribution in [2.24, 2.45) is 5.14 Å². The number of nitrogens with zero attached hydrogens (tertiary/aromatic N) is 1. The second kappa shape index (κ2) is 15.9. The molecule has 4 rings (SSSR count). The SMILES string of the molecule is C[C@@H]1CO[C@@](O)(c2cc(F)cc(F)c2)[C@H](C)N1C(=O)OCOC(=O)COCCOC(=O)c1cc(S(N)(=O)=O)c(Cl)cc1NCc1ccco1. The van der Waals surface area contributed by atoms with E-state index in [1.807, 2.05) is 0 Å². The number of nitrogens with two attached hydrogens (primary N) is 1. The van der Waals surface area contributed by atoms with Crippen molar-refractivity contribution in [1.29, 1.82) is 0 Å². The Morgan fingerprint density at radius 3 is 2.47 bits per heavy atom. The van der Waals surface area contributed by atoms with E-state index in [0.29, 0.717) is 11.8 Å². The minimum Gasteiger partial charge on any atom is -0.467 e. The van der Waals surface area contributed by atoms with Crippen LogP contribution in [-0.4, -0.2) is 81.8 Å². The number of aliphatic hydroxyl groups is 1. The molecule has 1 saturated heterocycles. The van der Waals surface area contributed by atoms with E-state index in [1.54, 1.807) is 19.1 Å². The highest BCUT2D eigenvalue weighted by atomic mass is 35.5. The summed E-state index contributed by atoms with van der Waals surface area (Å²) in [4.78, 5) is 38.3. The molecule has 49 heavy (non-hydrogen) atoms. The number of halogens is 3. The van der Waals surface area contributed by atoms with E-state index in [1.165, 1.54) is 19.3 Å². The van der Waals surface area contributed by atoms with Crippen molar-refractivity contribution in [1.82, 2.24) is 4.90 Å². The summed E-state index contributed by atoms with van der Waals surface area (Å²) in [7, 11) is -4.29. The molecule has 0 unspecified atom stereocenters. The van der Waals surface area contributed by atoms with Gasteiger partial charge in [0.25, 0.3) is 0 Å². The van der Waals surface area contributed by atoms with Gasteiger partial charge in [-0.25, -0.2) is 36.7 Å². The van der Waals surface area contributed by atoms with Gasteiger partial charge in [-0.05, 0) is 50.2 Å². The molecule has 0 bridgehead atoms. The molecule has 1 aliphatic heterocycles. The highest BCUT2D eigenvalue weighted by molar-refractivity contribution is 7.89. The first-order valence-electron chi connectivity index (χ1n) is 14.4. The van der Waals surface area contributed by atoms with Gasteiger partial charge < -0.3 is 38.5 Å². The lowest BCUT2D eigenvalue weighted by Gasteiger charge is -2.47. The maximum Gasteiger partial charge on any atom is 0.413 e. The average molecular weight is 732 g/mol. The summed E-state index contributed by atoms with van der Waals surface area (Å²) >= 11 is 6.07. The summed E-state index contributed by atoms with van der Waals surface area (Å²) in [6.07, 6.45) is 0.436. The van der Waals surface area contributed by atoms with Gasteiger partial charge in [-0.15, -0.1) is 0 Å². The van der Waals surface area contributed by atoms with E-state index < -0.39 is 75.9 Å². The molecule has 2 heterocycles. The zero-order valence-electron chi connectivity index (χ0n) is 26.0. The Labute approximate surface area is 283 Å². The van der Waals surface area contributed by atoms with Crippen LogP contribution in [0.5, 0.6) is 0 Å². The molecule has 1 amide bonds. The lowest BCUT2D eigenvalue weighted by molar-refractivity contribution is -0.280. The number of sulfonamides is 1. The molecule has 2 aromatic carbocycles. The predicted molar refractivity (Wildman–Crippen MR) is 164 cm³/mol. The average Bonchev–Trinajstić information content (AvgIpc) is 3.54. The molecule has 19 heteroatoms. The molecule has 0 aliphatic carbocycles. The number of hydrogen-bond donors (Lipinski definition) is 3. The van der Waals surface area contributed by atoms with E-state index >= 15 is 0 Å². The third-order valence-electron chi connectivity index (χ3n) is 7.20. The molecule has 1 fully saturated rings. The van der Waals surface area contributed by atoms with Gasteiger partial charge in [0.1, 0.15) is 35.5 Å². The fourth-order valence-electron chi connectivity index (χ4n) is 4.81. The Kier molecular flexibility index (Phi) is 12.2. The van der Waals surface area contributed by atoms with Crippen LogP contribution in [0.2, 0.25) is 5.02 Å². The van der Waals surface area contributed by atoms with E-state index in [2.05, 4.69) is 5.32 Å². The number of benzene rings is 2. The van der Waals surface area contributed by atoms with Gasteiger partial charge in [-0.2, -0.15) is 0 Å². The largest absolute Gasteiger partial charge is 0.467 e. The topological polar surface area (TPSA) is 206 Å². The highest BCUT2D eigenvalue weighted by Gasteiger charge is 2.49. The van der Waals surface area contributed by atoms with E-state index in [9.17, 15) is 36.7 Å². The molecule has 0 radical (unpaired) electrons. The molecule has 266 valence electrons. The zero-order chi connectivity index (χ0) is 35.9. The molecule has 0 saturated carbocycles. The number of primary sulfonamides is 1. The monoisotopic (exact) mass is 731 g/mol. The standard InChI is InChI=1S/C30H32ClF2N3O12S/c1-17-14-48-30(40,19-8-20(32)10-21(33)9-19)18(2)36(17)29(39)47-16-46-27(37)15-43-6-7-45-28(38)23-11-26(49(34,41)42)24(31)12-25(23)35-13-22-4-3-5-44-22/h3-5,8-12,17-18,35,40H,6-7,13-16H2,1-2H3,(H2,34,41,42)/t17-,18+,30-/m1/s1. The van der Waals surface area contributed by atoms with Crippen LogP contribution in [0.1, 0.15) is 35.5 Å². The minimum atomic E-state index is -4.29. The van der Waals surface area contributed by atoms with Crippen LogP contribution in [0.4, 0.5) is 19.3 Å². The molecule has 0 spiro atoms. The summed E-state index contributed by atoms with van der Waals surface area (Å²) in [6, 6.07) is 6.05. The van der Waals surface area contributed by atoms with Crippen LogP contribution in [0.3, 0.4) is 0 Å². The summed E-state index contributed by atoms with van der Waals surface area (Å²) in [6.45, 7) is 0.775. The third-order valence-corrected chi connectivity index (χ3v) is 8.58. The van der Waals surface area contributed by atoms with E-state index in [-0.39, 0.29) is 48.2 Å². The first kappa shape index (κ1) is 37.5. The summed E-state index contributed by atoms with van der Waals surface area (Å²) in [5, 5.41) is 19.0. The van der Waals surface area contributed by atoms with Gasteiger partial charge in [0, 0.05) is 11.6 Å². The van der Waals surface area contributed by atoms with Gasteiger partial charge in [-0.3, -0.25) is 4.90 Å². The van der Waals surface area contributed by atoms with Crippen molar-refractivity contribution >= 4 is 45.3 Å². The van der Waals surface area contributed by atoms with Crippen LogP contribution in [0.15, 0.2) is 58.0 Å². The number of esters is 2. The summed E-state index contributed by atoms with van der Waals surface area (Å²) in [5.74, 6) is -5.57. The lowest BCUT2D eigenvalue weighted by Crippen LogP contribution is -2.62. The molecule has 3 atom stereocenters. The Morgan fingerprint density at radius 2 is 1.82 bits per heavy atom. The van der Waals surface area contributed by atoms with Crippen molar-refractivity contribution in [3.05, 3.63) is 82.3 Å². The Balaban J connectivity index is 1.23. The van der Waals surface area contributed by atoms with Gasteiger partial charge >= 0.3 is 18.0 Å². The summed E-state index contributed by atoms with van der Waals surface area (Å²) in [5.41, 5.74) is -0.321. The third kappa shape index (κ3) is 9.43. The number of rotatable bonds is 13. The van der Waals surface area contributed by atoms with Crippen LogP contribution >= 0.6 is 11.6 Å². The second-order valence-corrected chi connectivity index (χ2v) is 12.6. The van der Waals surface area contributed by atoms with Crippen molar-refractivity contribution < 1.29 is 64.8 Å². The van der Waals surface area contributed by atoms with Gasteiger partial charge in [-0.1, -0.05) is 11.6 Å². The fraction of sp³-hybridized carbons (Fsp3) is 0.367. The zero-order valence-corrected chi connectivity index (χ0v) is 27.6. The Morgan fingerprint density at radius 1 is 1.10 bits per heavy atom. The first-order valence-corrected chi connectivity index (χ1v) is 16.3. The molecular weight excluding hydrogens is 700 g/mol. The number of anilines is 1. The number of nitrogens with one attached hydrogen (secondary N) is 1. The van der Waals surface area contributed by atoms with E-state index in [4.69, 9.17) is 44.8 Å². The molecule has 1 aliphatic rings. The highest BCUT2D eigenvalue weighted by Crippen LogP contribution is 2.36. The van der Waals surface area contributed by atoms with Crippen molar-refractivity contribution in [3.63, 3.8) is 0 Å². The Hall–Kier alpha value is -4.33. The molecular formula is C30H32ClF2N3O12S. The van der Waals surface area contributed by atoms with Gasteiger partial charge in [0.15, 0.2) is 0 Å². The summed E-state index contributed by atoms with van der Waals surface area (Å²) < 4.78 is 82.3. The van der Waals surface area contributed by atoms with Gasteiger partial charge in [0.05, 0.1) is 54.4 Å². The van der Waals surface area contributed by atoms with Gasteiger partial charge in [0.2, 0.25) is 22.6 Å². The second-order valence-electron chi connectivity index (χ2n) is 10.6. The van der Waals surface area contributed by atoms with E-state index in [0.717, 1.165) is 23.1 Å². The number of furan rings is 1. The van der Waals surface area contributed by atoms with Crippen molar-refractivity contribution in [2.75, 3.05) is 38.5 Å². The number of carbonyl (C=O) groups excluding carboxylic acids is 3. The molecule has 1 aromatic heterocycles. The number of hydrogen-bond acceptors (Lipinski definition) is 13. The minimum absolute atomic E-state index is 0.127. The van der Waals surface area contributed by atoms with Crippen molar-refractivity contribution in [3.8, 4) is 0 Å². The number of carbonyl (C=O) groups is 3. The van der Waals surface area contributed by atoms with Crippen LogP contribution in [0, 0.1) is 11.6 Å².